The number of carboxylic acids is 1. The van der Waals surface area contributed by atoms with E-state index in [1.165, 1.54) is 0 Å². The quantitative estimate of drug-likeness (QED) is 0.681. The molecule has 0 aromatic carbocycles. The van der Waals surface area contributed by atoms with Crippen molar-refractivity contribution in [3.8, 4) is 0 Å². The molecule has 0 bridgehead atoms. The fourth-order valence-electron chi connectivity index (χ4n) is 1.85. The van der Waals surface area contributed by atoms with Crippen molar-refractivity contribution in [3.63, 3.8) is 0 Å². The second-order valence-corrected chi connectivity index (χ2v) is 4.71. The summed E-state index contributed by atoms with van der Waals surface area (Å²) in [6.45, 7) is 6.47. The van der Waals surface area contributed by atoms with E-state index in [1.807, 2.05) is 25.7 Å². The van der Waals surface area contributed by atoms with Crippen molar-refractivity contribution in [2.24, 2.45) is 0 Å². The highest BCUT2D eigenvalue weighted by Crippen LogP contribution is 2.23. The maximum absolute atomic E-state index is 11.2. The van der Waals surface area contributed by atoms with Gasteiger partial charge >= 0.3 is 5.97 Å². The first-order valence-electron chi connectivity index (χ1n) is 4.83. The van der Waals surface area contributed by atoms with Crippen LogP contribution in [0.5, 0.6) is 0 Å². The monoisotopic (exact) mass is 199 g/mol. The number of carboxylic acid groups (broad SMARTS) is 1. The van der Waals surface area contributed by atoms with Gasteiger partial charge in [0.05, 0.1) is 0 Å². The Morgan fingerprint density at radius 1 is 1.50 bits per heavy atom. The first-order valence-corrected chi connectivity index (χ1v) is 4.83. The third-order valence-electron chi connectivity index (χ3n) is 2.58. The first kappa shape index (κ1) is 11.2. The zero-order chi connectivity index (χ0) is 10.9. The van der Waals surface area contributed by atoms with Gasteiger partial charge in [0.1, 0.15) is 11.8 Å². The number of carbonyl (C=O) groups excluding carboxylic acids is 1. The predicted octanol–water partition coefficient (Wildman–Crippen LogP) is 0.903. The minimum atomic E-state index is -0.895. The van der Waals surface area contributed by atoms with Gasteiger partial charge in [0.15, 0.2) is 0 Å². The number of piperidine rings is 1. The average Bonchev–Trinajstić information content (AvgIpc) is 2.01. The maximum atomic E-state index is 11.2. The molecule has 1 heterocycles. The molecule has 0 aromatic rings. The van der Waals surface area contributed by atoms with Crippen molar-refractivity contribution < 1.29 is 14.7 Å². The lowest BCUT2D eigenvalue weighted by molar-refractivity contribution is -0.150. The summed E-state index contributed by atoms with van der Waals surface area (Å²) >= 11 is 0. The molecule has 0 radical (unpaired) electrons. The van der Waals surface area contributed by atoms with Crippen molar-refractivity contribution >= 4 is 11.8 Å². The van der Waals surface area contributed by atoms with Gasteiger partial charge < -0.3 is 5.11 Å². The Kier molecular flexibility index (Phi) is 2.95. The summed E-state index contributed by atoms with van der Waals surface area (Å²) < 4.78 is 0. The third kappa shape index (κ3) is 2.32. The lowest BCUT2D eigenvalue weighted by atomic mass is 9.94. The Hall–Kier alpha value is -0.900. The van der Waals surface area contributed by atoms with E-state index in [2.05, 4.69) is 0 Å². The molecule has 1 atom stereocenters. The normalized spacial score (nSPS) is 25.1. The number of ketones is 1. The standard InChI is InChI=1S/C10H17NO3/c1-10(2,3)11-5-4-7(12)6-8(11)9(13)14/h8H,4-6H2,1-3H3,(H,13,14). The van der Waals surface area contributed by atoms with Crippen molar-refractivity contribution in [2.45, 2.75) is 45.2 Å². The van der Waals surface area contributed by atoms with Gasteiger partial charge in [-0.25, -0.2) is 0 Å². The summed E-state index contributed by atoms with van der Waals surface area (Å²) in [6.07, 6.45) is 0.619. The van der Waals surface area contributed by atoms with Crippen LogP contribution in [0.3, 0.4) is 0 Å². The van der Waals surface area contributed by atoms with Gasteiger partial charge in [-0.3, -0.25) is 14.5 Å². The van der Waals surface area contributed by atoms with Crippen molar-refractivity contribution in [2.75, 3.05) is 6.54 Å². The average molecular weight is 199 g/mol. The maximum Gasteiger partial charge on any atom is 0.321 e. The third-order valence-corrected chi connectivity index (χ3v) is 2.58. The van der Waals surface area contributed by atoms with E-state index in [0.29, 0.717) is 13.0 Å². The van der Waals surface area contributed by atoms with Crippen LogP contribution in [0, 0.1) is 0 Å². The number of rotatable bonds is 1. The van der Waals surface area contributed by atoms with Gasteiger partial charge in [-0.15, -0.1) is 0 Å². The van der Waals surface area contributed by atoms with E-state index in [1.54, 1.807) is 0 Å². The molecular formula is C10H17NO3. The number of Topliss-reactive ketones (excluding diaryl/α,β-unsaturated/α-hetero) is 1. The Morgan fingerprint density at radius 2 is 2.07 bits per heavy atom. The van der Waals surface area contributed by atoms with Crippen LogP contribution in [0.1, 0.15) is 33.6 Å². The molecule has 80 valence electrons. The van der Waals surface area contributed by atoms with E-state index in [4.69, 9.17) is 5.11 Å². The number of hydrogen-bond acceptors (Lipinski definition) is 3. The van der Waals surface area contributed by atoms with Crippen LogP contribution in [0.2, 0.25) is 0 Å². The number of likely N-dealkylation sites (tertiary alicyclic amines) is 1. The molecule has 0 saturated carbocycles. The fourth-order valence-corrected chi connectivity index (χ4v) is 1.85. The van der Waals surface area contributed by atoms with Gasteiger partial charge in [0.2, 0.25) is 0 Å². The number of hydrogen-bond donors (Lipinski definition) is 1. The molecule has 4 nitrogen and oxygen atoms in total. The Bertz CT molecular complexity index is 255. The van der Waals surface area contributed by atoms with Crippen LogP contribution in [0.25, 0.3) is 0 Å². The topological polar surface area (TPSA) is 57.6 Å². The number of nitrogens with zero attached hydrogens (tertiary/aromatic N) is 1. The Balaban J connectivity index is 2.83. The van der Waals surface area contributed by atoms with Crippen LogP contribution in [-0.2, 0) is 9.59 Å². The lowest BCUT2D eigenvalue weighted by Gasteiger charge is -2.42. The molecule has 0 amide bonds. The molecule has 1 fully saturated rings. The highest BCUT2D eigenvalue weighted by Gasteiger charge is 2.37. The molecule has 4 heteroatoms. The summed E-state index contributed by atoms with van der Waals surface area (Å²) in [7, 11) is 0. The molecule has 1 rings (SSSR count). The highest BCUT2D eigenvalue weighted by molar-refractivity contribution is 5.87. The van der Waals surface area contributed by atoms with E-state index in [0.717, 1.165) is 0 Å². The minimum absolute atomic E-state index is 0.0536. The lowest BCUT2D eigenvalue weighted by Crippen LogP contribution is -2.55. The van der Waals surface area contributed by atoms with E-state index >= 15 is 0 Å². The van der Waals surface area contributed by atoms with Gasteiger partial charge in [0, 0.05) is 24.9 Å². The van der Waals surface area contributed by atoms with E-state index < -0.39 is 12.0 Å². The van der Waals surface area contributed by atoms with Gasteiger partial charge in [-0.2, -0.15) is 0 Å². The molecule has 0 aromatic heterocycles. The molecule has 1 saturated heterocycles. The second kappa shape index (κ2) is 3.69. The first-order chi connectivity index (χ1) is 6.32. The largest absolute Gasteiger partial charge is 0.480 e. The molecule has 0 spiro atoms. The Morgan fingerprint density at radius 3 is 2.50 bits per heavy atom. The van der Waals surface area contributed by atoms with Gasteiger partial charge in [-0.1, -0.05) is 0 Å². The van der Waals surface area contributed by atoms with Crippen LogP contribution in [-0.4, -0.2) is 39.9 Å². The van der Waals surface area contributed by atoms with E-state index in [9.17, 15) is 9.59 Å². The summed E-state index contributed by atoms with van der Waals surface area (Å²) in [5.74, 6) is -0.842. The SMILES string of the molecule is CC(C)(C)N1CCC(=O)CC1C(=O)O. The molecule has 1 N–H and O–H groups in total. The minimum Gasteiger partial charge on any atom is -0.480 e. The number of aliphatic carboxylic acids is 1. The summed E-state index contributed by atoms with van der Waals surface area (Å²) in [5, 5.41) is 9.00. The summed E-state index contributed by atoms with van der Waals surface area (Å²) in [4.78, 5) is 24.0. The van der Waals surface area contributed by atoms with Crippen molar-refractivity contribution in [3.05, 3.63) is 0 Å². The van der Waals surface area contributed by atoms with Crippen molar-refractivity contribution in [1.29, 1.82) is 0 Å². The number of carbonyl (C=O) groups is 2. The zero-order valence-electron chi connectivity index (χ0n) is 8.91. The Labute approximate surface area is 83.9 Å². The molecule has 14 heavy (non-hydrogen) atoms. The zero-order valence-corrected chi connectivity index (χ0v) is 8.91. The van der Waals surface area contributed by atoms with Crippen LogP contribution < -0.4 is 0 Å². The molecule has 1 unspecified atom stereocenters. The van der Waals surface area contributed by atoms with Crippen LogP contribution in [0.4, 0.5) is 0 Å². The van der Waals surface area contributed by atoms with Gasteiger partial charge in [-0.05, 0) is 20.8 Å². The fraction of sp³-hybridized carbons (Fsp3) is 0.800. The summed E-state index contributed by atoms with van der Waals surface area (Å²) in [6, 6.07) is -0.642. The predicted molar refractivity (Wildman–Crippen MR) is 52.1 cm³/mol. The van der Waals surface area contributed by atoms with Crippen molar-refractivity contribution in [1.82, 2.24) is 4.90 Å². The van der Waals surface area contributed by atoms with E-state index in [-0.39, 0.29) is 17.7 Å². The second-order valence-electron chi connectivity index (χ2n) is 4.71. The van der Waals surface area contributed by atoms with Crippen LogP contribution in [0.15, 0.2) is 0 Å². The molecule has 1 aliphatic rings. The molecule has 0 aliphatic carbocycles. The van der Waals surface area contributed by atoms with Gasteiger partial charge in [0.25, 0.3) is 0 Å². The molecule has 1 aliphatic heterocycles. The van der Waals surface area contributed by atoms with Crippen LogP contribution >= 0.6 is 0 Å². The highest BCUT2D eigenvalue weighted by atomic mass is 16.4. The summed E-state index contributed by atoms with van der Waals surface area (Å²) in [5.41, 5.74) is -0.191. The molecular weight excluding hydrogens is 182 g/mol. The smallest absolute Gasteiger partial charge is 0.321 e.